The molecule has 1 aromatic carbocycles. The van der Waals surface area contributed by atoms with Gasteiger partial charge in [-0.05, 0) is 12.1 Å². The Labute approximate surface area is 91.3 Å². The van der Waals surface area contributed by atoms with Crippen molar-refractivity contribution < 1.29 is 13.3 Å². The SMILES string of the molecule is CS(=O)(=O)n1ccc2ccc([N+](=O)[O-])cc21. The van der Waals surface area contributed by atoms with Gasteiger partial charge in [0.05, 0.1) is 16.7 Å². The van der Waals surface area contributed by atoms with Gasteiger partial charge in [-0.25, -0.2) is 12.4 Å². The number of benzene rings is 1. The number of nitrogens with zero attached hydrogens (tertiary/aromatic N) is 2. The highest BCUT2D eigenvalue weighted by molar-refractivity contribution is 7.89. The molecule has 0 radical (unpaired) electrons. The Balaban J connectivity index is 2.80. The van der Waals surface area contributed by atoms with Gasteiger partial charge in [-0.3, -0.25) is 10.1 Å². The number of nitro groups is 1. The van der Waals surface area contributed by atoms with E-state index in [9.17, 15) is 18.5 Å². The maximum Gasteiger partial charge on any atom is 0.271 e. The van der Waals surface area contributed by atoms with E-state index in [0.717, 1.165) is 10.2 Å². The van der Waals surface area contributed by atoms with E-state index in [1.165, 1.54) is 24.4 Å². The van der Waals surface area contributed by atoms with Crippen LogP contribution in [0.4, 0.5) is 5.69 Å². The Bertz CT molecular complexity index is 672. The van der Waals surface area contributed by atoms with Crippen LogP contribution in [0.1, 0.15) is 0 Å². The Kier molecular flexibility index (Phi) is 2.20. The lowest BCUT2D eigenvalue weighted by atomic mass is 10.2. The summed E-state index contributed by atoms with van der Waals surface area (Å²) in [6, 6.07) is 5.71. The lowest BCUT2D eigenvalue weighted by molar-refractivity contribution is -0.384. The average Bonchev–Trinajstić information content (AvgIpc) is 2.58. The lowest BCUT2D eigenvalue weighted by Gasteiger charge is -2.01. The molecule has 0 aliphatic heterocycles. The molecular weight excluding hydrogens is 232 g/mol. The quantitative estimate of drug-likeness (QED) is 0.586. The number of fused-ring (bicyclic) bond motifs is 1. The molecule has 0 atom stereocenters. The highest BCUT2D eigenvalue weighted by Gasteiger charge is 2.13. The Morgan fingerprint density at radius 3 is 2.56 bits per heavy atom. The molecule has 0 bridgehead atoms. The number of nitro benzene ring substituents is 1. The van der Waals surface area contributed by atoms with Crippen molar-refractivity contribution >= 4 is 26.6 Å². The van der Waals surface area contributed by atoms with Gasteiger partial charge >= 0.3 is 0 Å². The molecule has 2 aromatic rings. The number of hydrogen-bond acceptors (Lipinski definition) is 4. The maximum atomic E-state index is 11.4. The number of non-ortho nitro benzene ring substituents is 1. The predicted octanol–water partition coefficient (Wildman–Crippen LogP) is 1.36. The van der Waals surface area contributed by atoms with Crippen LogP contribution in [-0.2, 0) is 10.0 Å². The standard InChI is InChI=1S/C9H8N2O4S/c1-16(14,15)10-5-4-7-2-3-8(11(12)13)6-9(7)10/h2-6H,1H3. The van der Waals surface area contributed by atoms with Gasteiger partial charge in [-0.15, -0.1) is 0 Å². The van der Waals surface area contributed by atoms with Crippen LogP contribution in [0.5, 0.6) is 0 Å². The summed E-state index contributed by atoms with van der Waals surface area (Å²) < 4.78 is 23.8. The van der Waals surface area contributed by atoms with Crippen LogP contribution in [0.3, 0.4) is 0 Å². The highest BCUT2D eigenvalue weighted by atomic mass is 32.2. The second-order valence-electron chi connectivity index (χ2n) is 3.37. The second kappa shape index (κ2) is 3.31. The monoisotopic (exact) mass is 240 g/mol. The highest BCUT2D eigenvalue weighted by Crippen LogP contribution is 2.22. The van der Waals surface area contributed by atoms with Gasteiger partial charge in [-0.1, -0.05) is 0 Å². The Hall–Kier alpha value is -1.89. The molecule has 0 aliphatic rings. The van der Waals surface area contributed by atoms with Crippen molar-refractivity contribution in [2.24, 2.45) is 0 Å². The molecule has 1 heterocycles. The summed E-state index contributed by atoms with van der Waals surface area (Å²) in [5.74, 6) is 0. The maximum absolute atomic E-state index is 11.4. The Morgan fingerprint density at radius 1 is 1.31 bits per heavy atom. The van der Waals surface area contributed by atoms with Gasteiger partial charge in [0.2, 0.25) is 10.0 Å². The van der Waals surface area contributed by atoms with Crippen molar-refractivity contribution in [1.82, 2.24) is 3.97 Å². The third-order valence-corrected chi connectivity index (χ3v) is 3.24. The van der Waals surface area contributed by atoms with E-state index in [-0.39, 0.29) is 5.69 Å². The molecule has 0 fully saturated rings. The zero-order chi connectivity index (χ0) is 11.9. The molecule has 2 rings (SSSR count). The first-order chi connectivity index (χ1) is 7.39. The molecule has 0 amide bonds. The lowest BCUT2D eigenvalue weighted by Crippen LogP contribution is -2.08. The smallest absolute Gasteiger partial charge is 0.258 e. The Morgan fingerprint density at radius 2 is 2.00 bits per heavy atom. The van der Waals surface area contributed by atoms with Crippen molar-refractivity contribution in [1.29, 1.82) is 0 Å². The fourth-order valence-corrected chi connectivity index (χ4v) is 2.29. The van der Waals surface area contributed by atoms with Gasteiger partial charge in [0.15, 0.2) is 0 Å². The third kappa shape index (κ3) is 1.65. The zero-order valence-corrected chi connectivity index (χ0v) is 9.14. The van der Waals surface area contributed by atoms with Gasteiger partial charge in [0, 0.05) is 23.7 Å². The predicted molar refractivity (Wildman–Crippen MR) is 58.8 cm³/mol. The summed E-state index contributed by atoms with van der Waals surface area (Å²) >= 11 is 0. The van der Waals surface area contributed by atoms with Gasteiger partial charge in [0.1, 0.15) is 0 Å². The molecule has 16 heavy (non-hydrogen) atoms. The summed E-state index contributed by atoms with van der Waals surface area (Å²) in [5, 5.41) is 11.2. The summed E-state index contributed by atoms with van der Waals surface area (Å²) in [4.78, 5) is 10.0. The van der Waals surface area contributed by atoms with Crippen molar-refractivity contribution in [3.8, 4) is 0 Å². The van der Waals surface area contributed by atoms with Gasteiger partial charge < -0.3 is 0 Å². The molecular formula is C9H8N2O4S. The van der Waals surface area contributed by atoms with Crippen molar-refractivity contribution in [3.05, 3.63) is 40.6 Å². The van der Waals surface area contributed by atoms with Crippen LogP contribution in [0, 0.1) is 10.1 Å². The first kappa shape index (κ1) is 10.6. The molecule has 1 aromatic heterocycles. The molecule has 0 aliphatic carbocycles. The normalized spacial score (nSPS) is 11.8. The van der Waals surface area contributed by atoms with E-state index in [1.54, 1.807) is 6.07 Å². The summed E-state index contributed by atoms with van der Waals surface area (Å²) in [7, 11) is -3.43. The van der Waals surface area contributed by atoms with E-state index >= 15 is 0 Å². The van der Waals surface area contributed by atoms with Crippen LogP contribution in [0.2, 0.25) is 0 Å². The van der Waals surface area contributed by atoms with E-state index in [4.69, 9.17) is 0 Å². The van der Waals surface area contributed by atoms with Gasteiger partial charge in [0.25, 0.3) is 5.69 Å². The van der Waals surface area contributed by atoms with E-state index in [2.05, 4.69) is 0 Å². The molecule has 0 saturated carbocycles. The fraction of sp³-hybridized carbons (Fsp3) is 0.111. The topological polar surface area (TPSA) is 82.2 Å². The van der Waals surface area contributed by atoms with Crippen LogP contribution in [0.15, 0.2) is 30.5 Å². The second-order valence-corrected chi connectivity index (χ2v) is 5.23. The molecule has 0 saturated heterocycles. The molecule has 7 heteroatoms. The number of aromatic nitrogens is 1. The summed E-state index contributed by atoms with van der Waals surface area (Å²) in [6.45, 7) is 0. The van der Waals surface area contributed by atoms with Crippen LogP contribution >= 0.6 is 0 Å². The number of rotatable bonds is 2. The molecule has 0 spiro atoms. The summed E-state index contributed by atoms with van der Waals surface area (Å²) in [6.07, 6.45) is 2.43. The minimum Gasteiger partial charge on any atom is -0.258 e. The largest absolute Gasteiger partial charge is 0.271 e. The van der Waals surface area contributed by atoms with Crippen molar-refractivity contribution in [2.45, 2.75) is 0 Å². The molecule has 84 valence electrons. The third-order valence-electron chi connectivity index (χ3n) is 2.21. The first-order valence-corrected chi connectivity index (χ1v) is 6.20. The van der Waals surface area contributed by atoms with E-state index in [0.29, 0.717) is 10.9 Å². The van der Waals surface area contributed by atoms with Crippen LogP contribution in [-0.4, -0.2) is 23.6 Å². The van der Waals surface area contributed by atoms with E-state index in [1.807, 2.05) is 0 Å². The van der Waals surface area contributed by atoms with E-state index < -0.39 is 14.9 Å². The molecule has 6 nitrogen and oxygen atoms in total. The average molecular weight is 240 g/mol. The summed E-state index contributed by atoms with van der Waals surface area (Å²) in [5.41, 5.74) is 0.188. The number of hydrogen-bond donors (Lipinski definition) is 0. The fourth-order valence-electron chi connectivity index (χ4n) is 1.49. The zero-order valence-electron chi connectivity index (χ0n) is 8.32. The van der Waals surface area contributed by atoms with Crippen LogP contribution < -0.4 is 0 Å². The molecule has 0 N–H and O–H groups in total. The van der Waals surface area contributed by atoms with Crippen LogP contribution in [0.25, 0.3) is 10.9 Å². The van der Waals surface area contributed by atoms with Crippen molar-refractivity contribution in [2.75, 3.05) is 6.26 Å². The molecule has 0 unspecified atom stereocenters. The minimum atomic E-state index is -3.43. The first-order valence-electron chi connectivity index (χ1n) is 4.35. The van der Waals surface area contributed by atoms with Gasteiger partial charge in [-0.2, -0.15) is 0 Å². The minimum absolute atomic E-state index is 0.129. The van der Waals surface area contributed by atoms with Crippen molar-refractivity contribution in [3.63, 3.8) is 0 Å².